The molecule has 0 heterocycles. The van der Waals surface area contributed by atoms with Crippen molar-refractivity contribution in [3.05, 3.63) is 40.4 Å². The van der Waals surface area contributed by atoms with Crippen LogP contribution in [-0.4, -0.2) is 17.4 Å². The Labute approximate surface area is 85.6 Å². The smallest absolute Gasteiger partial charge is 0.336 e. The van der Waals surface area contributed by atoms with E-state index in [0.717, 1.165) is 0 Å². The predicted octanol–water partition coefficient (Wildman–Crippen LogP) is 2.25. The number of carboxylic acid groups (broad SMARTS) is 1. The molecule has 0 fully saturated rings. The summed E-state index contributed by atoms with van der Waals surface area (Å²) in [5.41, 5.74) is 0.532. The number of halogens is 1. The molecule has 0 bridgehead atoms. The van der Waals surface area contributed by atoms with E-state index in [1.54, 1.807) is 12.1 Å². The number of aldehydes is 1. The molecule has 14 heavy (non-hydrogen) atoms. The van der Waals surface area contributed by atoms with Gasteiger partial charge >= 0.3 is 5.97 Å². The van der Waals surface area contributed by atoms with E-state index < -0.39 is 5.97 Å². The Bertz CT molecular complexity index is 396. The molecule has 0 unspecified atom stereocenters. The lowest BCUT2D eigenvalue weighted by Crippen LogP contribution is -1.99. The van der Waals surface area contributed by atoms with Crippen LogP contribution in [0, 0.1) is 0 Å². The second-order valence-corrected chi connectivity index (χ2v) is 2.97. The average Bonchev–Trinajstić information content (AvgIpc) is 2.15. The van der Waals surface area contributed by atoms with Crippen LogP contribution in [0.15, 0.2) is 24.3 Å². The van der Waals surface area contributed by atoms with Gasteiger partial charge in [0, 0.05) is 5.02 Å². The van der Waals surface area contributed by atoms with Crippen LogP contribution in [0.3, 0.4) is 0 Å². The van der Waals surface area contributed by atoms with Crippen LogP contribution in [0.2, 0.25) is 5.02 Å². The molecule has 1 N–H and O–H groups in total. The van der Waals surface area contributed by atoms with Gasteiger partial charge in [-0.25, -0.2) is 4.79 Å². The zero-order chi connectivity index (χ0) is 10.6. The van der Waals surface area contributed by atoms with Crippen molar-refractivity contribution in [1.29, 1.82) is 0 Å². The SMILES string of the molecule is O=CC=Cc1ccc(Cl)cc1C(=O)O. The Kier molecular flexibility index (Phi) is 3.42. The third kappa shape index (κ3) is 2.44. The molecule has 1 aromatic rings. The minimum absolute atomic E-state index is 0.0793. The maximum Gasteiger partial charge on any atom is 0.336 e. The van der Waals surface area contributed by atoms with Gasteiger partial charge in [0.2, 0.25) is 0 Å². The lowest BCUT2D eigenvalue weighted by molar-refractivity contribution is -0.104. The van der Waals surface area contributed by atoms with Gasteiger partial charge in [0.25, 0.3) is 0 Å². The molecule has 1 rings (SSSR count). The molecule has 0 saturated heterocycles. The molecule has 4 heteroatoms. The largest absolute Gasteiger partial charge is 0.478 e. The van der Waals surface area contributed by atoms with Crippen molar-refractivity contribution in [2.45, 2.75) is 0 Å². The molecule has 0 aromatic heterocycles. The van der Waals surface area contributed by atoms with E-state index in [2.05, 4.69) is 0 Å². The molecule has 0 aliphatic heterocycles. The highest BCUT2D eigenvalue weighted by molar-refractivity contribution is 6.31. The second kappa shape index (κ2) is 4.58. The summed E-state index contributed by atoms with van der Waals surface area (Å²) in [6, 6.07) is 4.46. The molecule has 0 atom stereocenters. The number of rotatable bonds is 3. The molecule has 1 aromatic carbocycles. The monoisotopic (exact) mass is 210 g/mol. The topological polar surface area (TPSA) is 54.4 Å². The van der Waals surface area contributed by atoms with Crippen LogP contribution < -0.4 is 0 Å². The minimum atomic E-state index is -1.07. The molecule has 0 radical (unpaired) electrons. The quantitative estimate of drug-likeness (QED) is 0.615. The molecular weight excluding hydrogens is 204 g/mol. The highest BCUT2D eigenvalue weighted by Gasteiger charge is 2.07. The first-order valence-electron chi connectivity index (χ1n) is 3.80. The number of carbonyl (C=O) groups is 2. The van der Waals surface area contributed by atoms with E-state index in [0.29, 0.717) is 16.9 Å². The summed E-state index contributed by atoms with van der Waals surface area (Å²) in [5, 5.41) is 9.16. The fourth-order valence-electron chi connectivity index (χ4n) is 1.00. The summed E-state index contributed by atoms with van der Waals surface area (Å²) < 4.78 is 0. The van der Waals surface area contributed by atoms with Crippen molar-refractivity contribution in [3.8, 4) is 0 Å². The van der Waals surface area contributed by atoms with Crippen molar-refractivity contribution in [1.82, 2.24) is 0 Å². The summed E-state index contributed by atoms with van der Waals surface area (Å²) >= 11 is 5.64. The fourth-order valence-corrected chi connectivity index (χ4v) is 1.17. The number of hydrogen-bond donors (Lipinski definition) is 1. The Hall–Kier alpha value is -1.61. The third-order valence-corrected chi connectivity index (χ3v) is 1.84. The fraction of sp³-hybridized carbons (Fsp3) is 0. The average molecular weight is 211 g/mol. The van der Waals surface area contributed by atoms with E-state index in [4.69, 9.17) is 16.7 Å². The lowest BCUT2D eigenvalue weighted by atomic mass is 10.1. The van der Waals surface area contributed by atoms with Gasteiger partial charge in [-0.05, 0) is 23.8 Å². The van der Waals surface area contributed by atoms with Crippen LogP contribution in [0.4, 0.5) is 0 Å². The van der Waals surface area contributed by atoms with E-state index in [1.807, 2.05) is 0 Å². The molecule has 3 nitrogen and oxygen atoms in total. The van der Waals surface area contributed by atoms with Gasteiger partial charge in [-0.1, -0.05) is 23.7 Å². The first-order chi connectivity index (χ1) is 6.65. The number of aromatic carboxylic acids is 1. The molecule has 72 valence electrons. The molecular formula is C10H7ClO3. The number of benzene rings is 1. The Morgan fingerprint density at radius 3 is 2.71 bits per heavy atom. The highest BCUT2D eigenvalue weighted by atomic mass is 35.5. The maximum absolute atomic E-state index is 10.8. The summed E-state index contributed by atoms with van der Waals surface area (Å²) in [5.74, 6) is -1.07. The van der Waals surface area contributed by atoms with Gasteiger partial charge < -0.3 is 5.11 Å². The minimum Gasteiger partial charge on any atom is -0.478 e. The molecule has 0 spiro atoms. The summed E-state index contributed by atoms with van der Waals surface area (Å²) in [7, 11) is 0. The zero-order valence-corrected chi connectivity index (χ0v) is 7.86. The van der Waals surface area contributed by atoms with Crippen LogP contribution in [-0.2, 0) is 4.79 Å². The van der Waals surface area contributed by atoms with Gasteiger partial charge in [0.15, 0.2) is 0 Å². The number of allylic oxidation sites excluding steroid dienone is 1. The zero-order valence-electron chi connectivity index (χ0n) is 7.11. The van der Waals surface area contributed by atoms with Crippen LogP contribution in [0.5, 0.6) is 0 Å². The summed E-state index contributed by atoms with van der Waals surface area (Å²) in [6.45, 7) is 0. The maximum atomic E-state index is 10.8. The van der Waals surface area contributed by atoms with Gasteiger partial charge in [-0.2, -0.15) is 0 Å². The lowest BCUT2D eigenvalue weighted by Gasteiger charge is -2.00. The van der Waals surface area contributed by atoms with Gasteiger partial charge in [-0.3, -0.25) is 4.79 Å². The number of hydrogen-bond acceptors (Lipinski definition) is 2. The third-order valence-electron chi connectivity index (χ3n) is 1.60. The van der Waals surface area contributed by atoms with E-state index in [-0.39, 0.29) is 5.56 Å². The summed E-state index contributed by atoms with van der Waals surface area (Å²) in [4.78, 5) is 20.8. The van der Waals surface area contributed by atoms with Crippen LogP contribution in [0.1, 0.15) is 15.9 Å². The Morgan fingerprint density at radius 1 is 1.43 bits per heavy atom. The van der Waals surface area contributed by atoms with Crippen molar-refractivity contribution in [3.63, 3.8) is 0 Å². The number of carbonyl (C=O) groups excluding carboxylic acids is 1. The Balaban J connectivity index is 3.21. The first kappa shape index (κ1) is 10.5. The van der Waals surface area contributed by atoms with Crippen molar-refractivity contribution >= 4 is 29.9 Å². The van der Waals surface area contributed by atoms with E-state index in [9.17, 15) is 9.59 Å². The highest BCUT2D eigenvalue weighted by Crippen LogP contribution is 2.17. The van der Waals surface area contributed by atoms with Gasteiger partial charge in [-0.15, -0.1) is 0 Å². The van der Waals surface area contributed by atoms with Crippen molar-refractivity contribution in [2.75, 3.05) is 0 Å². The second-order valence-electron chi connectivity index (χ2n) is 2.53. The van der Waals surface area contributed by atoms with Crippen LogP contribution in [0.25, 0.3) is 6.08 Å². The Morgan fingerprint density at radius 2 is 2.14 bits per heavy atom. The molecule has 0 amide bonds. The number of carboxylic acids is 1. The molecule has 0 saturated carbocycles. The normalized spacial score (nSPS) is 10.4. The molecule has 0 aliphatic rings. The molecule has 0 aliphatic carbocycles. The van der Waals surface area contributed by atoms with E-state index in [1.165, 1.54) is 18.2 Å². The van der Waals surface area contributed by atoms with E-state index >= 15 is 0 Å². The standard InChI is InChI=1S/C10H7ClO3/c11-8-4-3-7(2-1-5-12)9(6-8)10(13)14/h1-6H,(H,13,14). The van der Waals surface area contributed by atoms with Gasteiger partial charge in [0.1, 0.15) is 6.29 Å². The van der Waals surface area contributed by atoms with Crippen molar-refractivity contribution in [2.24, 2.45) is 0 Å². The van der Waals surface area contributed by atoms with Gasteiger partial charge in [0.05, 0.1) is 5.56 Å². The first-order valence-corrected chi connectivity index (χ1v) is 4.17. The van der Waals surface area contributed by atoms with Crippen molar-refractivity contribution < 1.29 is 14.7 Å². The van der Waals surface area contributed by atoms with Crippen LogP contribution >= 0.6 is 11.6 Å². The predicted molar refractivity (Wildman–Crippen MR) is 53.5 cm³/mol. The summed E-state index contributed by atoms with van der Waals surface area (Å²) in [6.07, 6.45) is 3.24.